The minimum Gasteiger partial charge on any atom is -0.480 e. The lowest BCUT2D eigenvalue weighted by molar-refractivity contribution is -0.145. The van der Waals surface area contributed by atoms with E-state index in [2.05, 4.69) is 10.6 Å². The second-order valence-corrected chi connectivity index (χ2v) is 6.36. The molecule has 2 atom stereocenters. The number of aliphatic hydroxyl groups is 1. The van der Waals surface area contributed by atoms with Crippen LogP contribution in [-0.2, 0) is 33.4 Å². The van der Waals surface area contributed by atoms with Crippen LogP contribution in [0, 0.1) is 0 Å². The Hall–Kier alpha value is -2.83. The Labute approximate surface area is 173 Å². The van der Waals surface area contributed by atoms with Gasteiger partial charge in [-0.2, -0.15) is 0 Å². The Balaban J connectivity index is 1.97. The van der Waals surface area contributed by atoms with Gasteiger partial charge in [0.1, 0.15) is 0 Å². The van der Waals surface area contributed by atoms with E-state index in [0.717, 1.165) is 17.1 Å². The third kappa shape index (κ3) is 9.58. The van der Waals surface area contributed by atoms with Crippen LogP contribution in [0.15, 0.2) is 12.2 Å². The van der Waals surface area contributed by atoms with Crippen LogP contribution < -0.4 is 10.6 Å². The van der Waals surface area contributed by atoms with Crippen LogP contribution >= 0.6 is 0 Å². The molecule has 2 unspecified atom stereocenters. The van der Waals surface area contributed by atoms with Crippen molar-refractivity contribution >= 4 is 29.6 Å². The monoisotopic (exact) mass is 429 g/mol. The highest BCUT2D eigenvalue weighted by atomic mass is 16.5. The van der Waals surface area contributed by atoms with Crippen LogP contribution in [0.3, 0.4) is 0 Å². The molecule has 4 amide bonds. The summed E-state index contributed by atoms with van der Waals surface area (Å²) >= 11 is 0. The van der Waals surface area contributed by atoms with Crippen LogP contribution in [0.1, 0.15) is 19.8 Å². The molecule has 0 saturated carbocycles. The van der Waals surface area contributed by atoms with Gasteiger partial charge < -0.3 is 30.3 Å². The number of amides is 4. The quantitative estimate of drug-likeness (QED) is 0.166. The van der Waals surface area contributed by atoms with Gasteiger partial charge in [-0.05, 0) is 6.92 Å². The number of aliphatic carboxylic acids is 1. The number of carbonyl (C=O) groups is 5. The van der Waals surface area contributed by atoms with Gasteiger partial charge in [-0.3, -0.25) is 24.1 Å². The second-order valence-electron chi connectivity index (χ2n) is 6.36. The smallest absolute Gasteiger partial charge is 0.328 e. The molecule has 0 aromatic heterocycles. The maximum atomic E-state index is 11.7. The Morgan fingerprint density at radius 3 is 2.17 bits per heavy atom. The predicted octanol–water partition coefficient (Wildman–Crippen LogP) is -2.21. The fourth-order valence-electron chi connectivity index (χ4n) is 2.34. The lowest BCUT2D eigenvalue weighted by Gasteiger charge is -2.16. The Bertz CT molecular complexity index is 645. The lowest BCUT2D eigenvalue weighted by atomic mass is 10.2. The Morgan fingerprint density at radius 1 is 1.00 bits per heavy atom. The molecule has 4 N–H and O–H groups in total. The summed E-state index contributed by atoms with van der Waals surface area (Å²) in [5.41, 5.74) is 0. The van der Waals surface area contributed by atoms with Gasteiger partial charge in [0, 0.05) is 38.1 Å². The number of carboxylic acids is 1. The van der Waals surface area contributed by atoms with E-state index in [9.17, 15) is 29.1 Å². The van der Waals surface area contributed by atoms with E-state index in [0.29, 0.717) is 0 Å². The third-order valence-corrected chi connectivity index (χ3v) is 3.94. The molecule has 1 aliphatic heterocycles. The normalized spacial score (nSPS) is 15.2. The van der Waals surface area contributed by atoms with Gasteiger partial charge in [-0.15, -0.1) is 0 Å². The van der Waals surface area contributed by atoms with Crippen molar-refractivity contribution in [2.24, 2.45) is 0 Å². The fraction of sp³-hybridized carbons (Fsp3) is 0.611. The highest BCUT2D eigenvalue weighted by Crippen LogP contribution is 2.03. The van der Waals surface area contributed by atoms with E-state index < -0.39 is 35.8 Å². The first kappa shape index (κ1) is 25.2. The van der Waals surface area contributed by atoms with Gasteiger partial charge in [0.25, 0.3) is 11.8 Å². The van der Waals surface area contributed by atoms with E-state index >= 15 is 0 Å². The number of imide groups is 1. The van der Waals surface area contributed by atoms with Gasteiger partial charge in [-0.1, -0.05) is 0 Å². The standard InChI is InChI=1S/C18H27N3O9/c1-12(22)17(18(27)28)20-14(24)5-8-29-10-11-30-9-6-19-13(23)4-7-21-15(25)2-3-16(21)26/h2-3,12,17,22H,4-11H2,1H3,(H,19,23)(H,20,24)(H,27,28). The average molecular weight is 429 g/mol. The summed E-state index contributed by atoms with van der Waals surface area (Å²) in [5, 5.41) is 22.9. The molecule has 0 radical (unpaired) electrons. The predicted molar refractivity (Wildman–Crippen MR) is 101 cm³/mol. The SMILES string of the molecule is CC(O)C(NC(=O)CCOCCOCCNC(=O)CCN1C(=O)C=CC1=O)C(=O)O. The number of carbonyl (C=O) groups excluding carboxylic acids is 4. The van der Waals surface area contributed by atoms with E-state index in [1.165, 1.54) is 6.92 Å². The zero-order valence-corrected chi connectivity index (χ0v) is 16.7. The number of ether oxygens (including phenoxy) is 2. The summed E-state index contributed by atoms with van der Waals surface area (Å²) in [6, 6.07) is -1.37. The molecule has 12 heteroatoms. The topological polar surface area (TPSA) is 172 Å². The first-order valence-corrected chi connectivity index (χ1v) is 9.38. The van der Waals surface area contributed by atoms with E-state index in [-0.39, 0.29) is 58.3 Å². The highest BCUT2D eigenvalue weighted by Gasteiger charge is 2.25. The number of nitrogens with zero attached hydrogens (tertiary/aromatic N) is 1. The molecule has 1 aliphatic rings. The molecule has 0 aromatic carbocycles. The van der Waals surface area contributed by atoms with Gasteiger partial charge in [-0.25, -0.2) is 4.79 Å². The summed E-state index contributed by atoms with van der Waals surface area (Å²) < 4.78 is 10.4. The van der Waals surface area contributed by atoms with Crippen LogP contribution in [-0.4, -0.2) is 96.4 Å². The maximum absolute atomic E-state index is 11.7. The minimum atomic E-state index is -1.37. The van der Waals surface area contributed by atoms with Crippen molar-refractivity contribution in [3.05, 3.63) is 12.2 Å². The number of carboxylic acid groups (broad SMARTS) is 1. The minimum absolute atomic E-state index is 0.00211. The molecular weight excluding hydrogens is 402 g/mol. The Morgan fingerprint density at radius 2 is 1.60 bits per heavy atom. The summed E-state index contributed by atoms with van der Waals surface area (Å²) in [4.78, 5) is 57.8. The van der Waals surface area contributed by atoms with Gasteiger partial charge >= 0.3 is 5.97 Å². The zero-order valence-electron chi connectivity index (χ0n) is 16.7. The molecular formula is C18H27N3O9. The maximum Gasteiger partial charge on any atom is 0.328 e. The third-order valence-electron chi connectivity index (χ3n) is 3.94. The summed E-state index contributed by atoms with van der Waals surface area (Å²) in [7, 11) is 0. The average Bonchev–Trinajstić information content (AvgIpc) is 3.00. The number of hydrogen-bond donors (Lipinski definition) is 4. The Kier molecular flexibility index (Phi) is 11.3. The molecule has 0 aliphatic carbocycles. The van der Waals surface area contributed by atoms with Crippen LogP contribution in [0.4, 0.5) is 0 Å². The number of hydrogen-bond acceptors (Lipinski definition) is 8. The molecule has 0 aromatic rings. The van der Waals surface area contributed by atoms with Crippen molar-refractivity contribution in [1.82, 2.24) is 15.5 Å². The number of rotatable bonds is 15. The van der Waals surface area contributed by atoms with Crippen molar-refractivity contribution < 1.29 is 43.7 Å². The van der Waals surface area contributed by atoms with E-state index in [4.69, 9.17) is 14.6 Å². The first-order valence-electron chi connectivity index (χ1n) is 9.38. The van der Waals surface area contributed by atoms with Crippen LogP contribution in [0.5, 0.6) is 0 Å². The fourth-order valence-corrected chi connectivity index (χ4v) is 2.34. The van der Waals surface area contributed by atoms with Crippen molar-refractivity contribution in [3.8, 4) is 0 Å². The molecule has 12 nitrogen and oxygen atoms in total. The van der Waals surface area contributed by atoms with Crippen LogP contribution in [0.2, 0.25) is 0 Å². The van der Waals surface area contributed by atoms with Crippen LogP contribution in [0.25, 0.3) is 0 Å². The molecule has 168 valence electrons. The van der Waals surface area contributed by atoms with E-state index in [1.807, 2.05) is 0 Å². The first-order chi connectivity index (χ1) is 14.2. The molecule has 0 spiro atoms. The van der Waals surface area contributed by atoms with E-state index in [1.54, 1.807) is 0 Å². The summed E-state index contributed by atoms with van der Waals surface area (Å²) in [6.07, 6.45) is 1.03. The molecule has 30 heavy (non-hydrogen) atoms. The largest absolute Gasteiger partial charge is 0.480 e. The van der Waals surface area contributed by atoms with Gasteiger partial charge in [0.15, 0.2) is 6.04 Å². The number of nitrogens with one attached hydrogen (secondary N) is 2. The van der Waals surface area contributed by atoms with Crippen molar-refractivity contribution in [1.29, 1.82) is 0 Å². The second kappa shape index (κ2) is 13.4. The summed E-state index contributed by atoms with van der Waals surface area (Å²) in [5.74, 6) is -3.06. The summed E-state index contributed by atoms with van der Waals surface area (Å²) in [6.45, 7) is 2.24. The van der Waals surface area contributed by atoms with Gasteiger partial charge in [0.2, 0.25) is 11.8 Å². The molecule has 1 heterocycles. The molecule has 0 fully saturated rings. The zero-order chi connectivity index (χ0) is 22.5. The molecule has 0 saturated heterocycles. The molecule has 0 bridgehead atoms. The molecule has 1 rings (SSSR count). The van der Waals surface area contributed by atoms with Crippen molar-refractivity contribution in [2.45, 2.75) is 31.9 Å². The number of aliphatic hydroxyl groups excluding tert-OH is 1. The highest BCUT2D eigenvalue weighted by molar-refractivity contribution is 6.13. The lowest BCUT2D eigenvalue weighted by Crippen LogP contribution is -2.47. The van der Waals surface area contributed by atoms with Gasteiger partial charge in [0.05, 0.1) is 32.5 Å². The van der Waals surface area contributed by atoms with Crippen molar-refractivity contribution in [2.75, 3.05) is 39.5 Å². The van der Waals surface area contributed by atoms with Crippen molar-refractivity contribution in [3.63, 3.8) is 0 Å².